The second kappa shape index (κ2) is 8.69. The van der Waals surface area contributed by atoms with Crippen molar-refractivity contribution in [3.8, 4) is 0 Å². The van der Waals surface area contributed by atoms with Gasteiger partial charge < -0.3 is 23.9 Å². The predicted molar refractivity (Wildman–Crippen MR) is 139 cm³/mol. The summed E-state index contributed by atoms with van der Waals surface area (Å²) in [5, 5.41) is 0.726. The monoisotopic (exact) mass is 497 g/mol. The third-order valence-corrected chi connectivity index (χ3v) is 8.00. The third-order valence-electron chi connectivity index (χ3n) is 8.00. The number of nitrogens with zero attached hydrogens (tertiary/aromatic N) is 2. The Balaban J connectivity index is 1.61. The summed E-state index contributed by atoms with van der Waals surface area (Å²) in [7, 11) is 3.27. The number of hydrogen-bond acceptors (Lipinski definition) is 5. The molecule has 1 amide bonds. The van der Waals surface area contributed by atoms with Gasteiger partial charge in [-0.2, -0.15) is 0 Å². The minimum atomic E-state index is -0.650. The quantitative estimate of drug-likeness (QED) is 0.502. The lowest BCUT2D eigenvalue weighted by molar-refractivity contribution is -0.133. The number of benzene rings is 1. The Hall–Kier alpha value is -2.20. The topological polar surface area (TPSA) is 70.3 Å². The van der Waals surface area contributed by atoms with Gasteiger partial charge in [-0.3, -0.25) is 9.69 Å². The Labute approximate surface area is 213 Å². The van der Waals surface area contributed by atoms with Crippen molar-refractivity contribution >= 4 is 35.0 Å². The molecule has 2 atom stereocenters. The smallest absolute Gasteiger partial charge is 0.399 e. The number of hydrogen-bond donors (Lipinski definition) is 1. The van der Waals surface area contributed by atoms with Gasteiger partial charge in [0, 0.05) is 35.7 Å². The zero-order valence-electron chi connectivity index (χ0n) is 22.6. The lowest BCUT2D eigenvalue weighted by Gasteiger charge is -2.32. The maximum absolute atomic E-state index is 16.2. The van der Waals surface area contributed by atoms with Crippen molar-refractivity contribution in [2.24, 2.45) is 5.92 Å². The highest BCUT2D eigenvalue weighted by Crippen LogP contribution is 2.42. The number of halogens is 1. The molecule has 3 aliphatic heterocycles. The van der Waals surface area contributed by atoms with Crippen molar-refractivity contribution in [1.29, 1.82) is 0 Å². The highest BCUT2D eigenvalue weighted by atomic mass is 19.1. The summed E-state index contributed by atoms with van der Waals surface area (Å²) in [6.45, 7) is 12.9. The van der Waals surface area contributed by atoms with Gasteiger partial charge in [0.05, 0.1) is 16.7 Å². The van der Waals surface area contributed by atoms with Crippen LogP contribution in [0.1, 0.15) is 65.3 Å². The number of epoxide rings is 1. The van der Waals surface area contributed by atoms with Crippen LogP contribution in [0.3, 0.4) is 0 Å². The second-order valence-electron chi connectivity index (χ2n) is 11.8. The summed E-state index contributed by atoms with van der Waals surface area (Å²) in [4.78, 5) is 19.8. The first-order valence-corrected chi connectivity index (χ1v) is 12.8. The van der Waals surface area contributed by atoms with Crippen LogP contribution in [-0.2, 0) is 18.8 Å². The lowest BCUT2D eigenvalue weighted by Crippen LogP contribution is -2.41. The van der Waals surface area contributed by atoms with Crippen molar-refractivity contribution in [1.82, 2.24) is 14.8 Å². The van der Waals surface area contributed by atoms with E-state index in [9.17, 15) is 4.79 Å². The number of likely N-dealkylation sites (N-methyl/N-ethyl adjacent to an activating group) is 1. The van der Waals surface area contributed by atoms with Crippen LogP contribution in [0.15, 0.2) is 18.2 Å². The normalized spacial score (nSPS) is 25.2. The third kappa shape index (κ3) is 4.20. The molecular formula is C27H37BFN3O4. The Bertz CT molecular complexity index is 1220. The largest absolute Gasteiger partial charge is 0.495 e. The first-order valence-electron chi connectivity index (χ1n) is 12.8. The molecule has 1 aromatic heterocycles. The minimum Gasteiger partial charge on any atom is -0.399 e. The van der Waals surface area contributed by atoms with Crippen LogP contribution >= 0.6 is 0 Å². The summed E-state index contributed by atoms with van der Waals surface area (Å²) in [5.41, 5.74) is 2.23. The summed E-state index contributed by atoms with van der Waals surface area (Å²) >= 11 is 0. The fourth-order valence-electron chi connectivity index (χ4n) is 5.08. The number of fused-ring (bicyclic) bond motifs is 1. The summed E-state index contributed by atoms with van der Waals surface area (Å²) < 4.78 is 34.8. The summed E-state index contributed by atoms with van der Waals surface area (Å²) in [6, 6.07) is 3.81. The molecule has 0 bridgehead atoms. The molecule has 1 N–H and O–H groups in total. The number of rotatable bonds is 5. The first-order chi connectivity index (χ1) is 16.8. The molecule has 4 heterocycles. The number of aromatic nitrogens is 1. The van der Waals surface area contributed by atoms with Gasteiger partial charge >= 0.3 is 7.12 Å². The van der Waals surface area contributed by atoms with Crippen LogP contribution in [0.2, 0.25) is 0 Å². The van der Waals surface area contributed by atoms with E-state index in [0.717, 1.165) is 22.1 Å². The molecule has 0 spiro atoms. The van der Waals surface area contributed by atoms with Gasteiger partial charge in [-0.1, -0.05) is 26.0 Å². The lowest BCUT2D eigenvalue weighted by atomic mass is 9.75. The molecule has 2 unspecified atom stereocenters. The Kier molecular flexibility index (Phi) is 6.14. The average molecular weight is 497 g/mol. The summed E-state index contributed by atoms with van der Waals surface area (Å²) in [5.74, 6) is -0.356. The van der Waals surface area contributed by atoms with E-state index in [1.165, 1.54) is 0 Å². The van der Waals surface area contributed by atoms with Crippen molar-refractivity contribution in [3.05, 3.63) is 35.3 Å². The molecule has 2 saturated heterocycles. The molecule has 7 nitrogen and oxygen atoms in total. The highest BCUT2D eigenvalue weighted by Gasteiger charge is 2.52. The van der Waals surface area contributed by atoms with Crippen molar-refractivity contribution in [3.63, 3.8) is 0 Å². The Morgan fingerprint density at radius 1 is 1.19 bits per heavy atom. The molecule has 3 aliphatic rings. The molecule has 2 fully saturated rings. The molecule has 1 aromatic carbocycles. The van der Waals surface area contributed by atoms with Crippen LogP contribution in [0.5, 0.6) is 0 Å². The molecule has 9 heteroatoms. The number of nitrogens with one attached hydrogen (secondary N) is 1. The van der Waals surface area contributed by atoms with Gasteiger partial charge in [-0.05, 0) is 65.3 Å². The maximum Gasteiger partial charge on any atom is 0.495 e. The van der Waals surface area contributed by atoms with Crippen LogP contribution in [0.25, 0.3) is 16.5 Å². The van der Waals surface area contributed by atoms with Gasteiger partial charge in [0.15, 0.2) is 5.82 Å². The van der Waals surface area contributed by atoms with Gasteiger partial charge in [0.2, 0.25) is 5.91 Å². The van der Waals surface area contributed by atoms with Crippen LogP contribution in [0, 0.1) is 11.7 Å². The maximum atomic E-state index is 16.2. The molecule has 0 aliphatic carbocycles. The zero-order valence-corrected chi connectivity index (χ0v) is 22.6. The second-order valence-corrected chi connectivity index (χ2v) is 11.8. The molecule has 5 rings (SSSR count). The highest BCUT2D eigenvalue weighted by molar-refractivity contribution is 6.65. The Morgan fingerprint density at radius 3 is 2.44 bits per heavy atom. The van der Waals surface area contributed by atoms with Crippen molar-refractivity contribution in [2.75, 3.05) is 27.2 Å². The van der Waals surface area contributed by atoms with Crippen molar-refractivity contribution < 1.29 is 23.2 Å². The fourth-order valence-corrected chi connectivity index (χ4v) is 5.08. The van der Waals surface area contributed by atoms with E-state index in [2.05, 4.69) is 4.98 Å². The van der Waals surface area contributed by atoms with E-state index >= 15 is 4.39 Å². The summed E-state index contributed by atoms with van der Waals surface area (Å²) in [6.07, 6.45) is 2.54. The number of amides is 1. The molecule has 194 valence electrons. The first kappa shape index (κ1) is 25.5. The zero-order chi connectivity index (χ0) is 26.2. The van der Waals surface area contributed by atoms with E-state index in [4.69, 9.17) is 14.0 Å². The number of carbonyl (C=O) groups excluding carboxylic acids is 1. The van der Waals surface area contributed by atoms with E-state index in [1.807, 2.05) is 83.6 Å². The van der Waals surface area contributed by atoms with Crippen LogP contribution < -0.4 is 5.46 Å². The molecule has 0 radical (unpaired) electrons. The van der Waals surface area contributed by atoms with Gasteiger partial charge in [0.1, 0.15) is 12.3 Å². The molecule has 36 heavy (non-hydrogen) atoms. The van der Waals surface area contributed by atoms with Gasteiger partial charge in [-0.15, -0.1) is 0 Å². The van der Waals surface area contributed by atoms with Crippen molar-refractivity contribution in [2.45, 2.75) is 71.5 Å². The number of ether oxygens (including phenoxy) is 1. The van der Waals surface area contributed by atoms with Gasteiger partial charge in [-0.25, -0.2) is 4.39 Å². The molecule has 0 saturated carbocycles. The fraction of sp³-hybridized carbons (Fsp3) is 0.593. The predicted octanol–water partition coefficient (Wildman–Crippen LogP) is 3.84. The molecular weight excluding hydrogens is 460 g/mol. The molecule has 2 aromatic rings. The van der Waals surface area contributed by atoms with Crippen LogP contribution in [0.4, 0.5) is 4.39 Å². The average Bonchev–Trinajstić information content (AvgIpc) is 3.43. The SMILES string of the molecule is CC(C)C(=O)N1CCC=C(c2cc(B3OC(C)(C)C(C)(C)O3)c3cc(C4OC4N(C)C)[nH]c3c2F)C1. The standard InChI is InChI=1S/C27H37BFN3O4/c1-15(2)24(33)32-11-9-10-16(14-32)17-12-19(28-35-26(3,4)27(5,6)36-28)18-13-20(30-22(18)21(17)29)23-25(34-23)31(7)8/h10,12-13,15,23,25,30H,9,11,14H2,1-8H3. The van der Waals surface area contributed by atoms with Crippen LogP contribution in [-0.4, -0.2) is 72.4 Å². The number of carbonyl (C=O) groups is 1. The van der Waals surface area contributed by atoms with E-state index < -0.39 is 18.3 Å². The number of aromatic amines is 1. The van der Waals surface area contributed by atoms with E-state index in [-0.39, 0.29) is 30.0 Å². The Morgan fingerprint density at radius 2 is 1.86 bits per heavy atom. The van der Waals surface area contributed by atoms with E-state index in [1.54, 1.807) is 0 Å². The minimum absolute atomic E-state index is 0.0439. The van der Waals surface area contributed by atoms with E-state index in [0.29, 0.717) is 30.6 Å². The van der Waals surface area contributed by atoms with Gasteiger partial charge in [0.25, 0.3) is 0 Å². The number of H-pyrrole nitrogens is 1.